The molecule has 1 unspecified atom stereocenters. The molecule has 0 aliphatic carbocycles. The standard InChI is InChI=1S/C19H20N2O3/c1-22-14-4-5-15-12(8-14)6-7-21-11-13-9-17(23-2)18(24-3)10-16(13)20-19(15)21/h4-5,8-11,19H,6-7H2,1-3H3/p+1. The van der Waals surface area contributed by atoms with E-state index in [4.69, 9.17) is 14.2 Å². The maximum absolute atomic E-state index is 5.43. The minimum absolute atomic E-state index is 0.130. The highest BCUT2D eigenvalue weighted by Crippen LogP contribution is 2.38. The third kappa shape index (κ3) is 2.28. The average molecular weight is 325 g/mol. The number of hydrogen-bond donors (Lipinski definition) is 1. The van der Waals surface area contributed by atoms with Crippen LogP contribution in [-0.4, -0.2) is 38.7 Å². The predicted octanol–water partition coefficient (Wildman–Crippen LogP) is 2.82. The van der Waals surface area contributed by atoms with Gasteiger partial charge in [0.15, 0.2) is 17.7 Å². The zero-order valence-electron chi connectivity index (χ0n) is 14.1. The van der Waals surface area contributed by atoms with Gasteiger partial charge in [-0.15, -0.1) is 0 Å². The summed E-state index contributed by atoms with van der Waals surface area (Å²) in [4.78, 5) is 0. The Morgan fingerprint density at radius 1 is 1.00 bits per heavy atom. The Balaban J connectivity index is 1.77. The summed E-state index contributed by atoms with van der Waals surface area (Å²) in [5.41, 5.74) is 4.79. The molecule has 0 fully saturated rings. The molecule has 5 heteroatoms. The Morgan fingerprint density at radius 3 is 2.54 bits per heavy atom. The lowest BCUT2D eigenvalue weighted by atomic mass is 9.95. The van der Waals surface area contributed by atoms with E-state index < -0.39 is 0 Å². The fraction of sp³-hybridized carbons (Fsp3) is 0.316. The second-order valence-electron chi connectivity index (χ2n) is 6.02. The van der Waals surface area contributed by atoms with Crippen molar-refractivity contribution < 1.29 is 18.8 Å². The van der Waals surface area contributed by atoms with Gasteiger partial charge in [-0.25, -0.2) is 4.58 Å². The van der Waals surface area contributed by atoms with Crippen LogP contribution >= 0.6 is 0 Å². The topological polar surface area (TPSA) is 42.7 Å². The highest BCUT2D eigenvalue weighted by molar-refractivity contribution is 5.88. The van der Waals surface area contributed by atoms with Gasteiger partial charge in [-0.3, -0.25) is 0 Å². The molecule has 0 aromatic heterocycles. The number of ether oxygens (including phenoxy) is 3. The number of hydrogen-bond acceptors (Lipinski definition) is 4. The fourth-order valence-electron chi connectivity index (χ4n) is 3.50. The van der Waals surface area contributed by atoms with E-state index in [9.17, 15) is 0 Å². The number of methoxy groups -OCH3 is 3. The summed E-state index contributed by atoms with van der Waals surface area (Å²) in [6, 6.07) is 10.3. The number of fused-ring (bicyclic) bond motifs is 4. The Kier molecular flexibility index (Phi) is 3.56. The fourth-order valence-corrected chi connectivity index (χ4v) is 3.50. The number of anilines is 1. The van der Waals surface area contributed by atoms with Crippen molar-refractivity contribution in [2.24, 2.45) is 0 Å². The molecule has 0 spiro atoms. The van der Waals surface area contributed by atoms with Crippen LogP contribution < -0.4 is 19.5 Å². The minimum Gasteiger partial charge on any atom is -0.497 e. The van der Waals surface area contributed by atoms with E-state index in [0.29, 0.717) is 0 Å². The van der Waals surface area contributed by atoms with E-state index >= 15 is 0 Å². The van der Waals surface area contributed by atoms with Crippen molar-refractivity contribution in [1.82, 2.24) is 0 Å². The summed E-state index contributed by atoms with van der Waals surface area (Å²) >= 11 is 0. The maximum atomic E-state index is 5.43. The molecule has 2 aliphatic rings. The lowest BCUT2D eigenvalue weighted by Gasteiger charge is -2.29. The summed E-state index contributed by atoms with van der Waals surface area (Å²) in [6.07, 6.45) is 3.33. The van der Waals surface area contributed by atoms with Gasteiger partial charge in [0.1, 0.15) is 12.3 Å². The van der Waals surface area contributed by atoms with Crippen LogP contribution in [0.3, 0.4) is 0 Å². The first-order valence-corrected chi connectivity index (χ1v) is 8.03. The van der Waals surface area contributed by atoms with Gasteiger partial charge in [-0.1, -0.05) is 0 Å². The number of rotatable bonds is 3. The molecular formula is C19H21N2O3+. The zero-order valence-corrected chi connectivity index (χ0v) is 14.1. The second kappa shape index (κ2) is 5.74. The molecule has 5 nitrogen and oxygen atoms in total. The Labute approximate surface area is 141 Å². The largest absolute Gasteiger partial charge is 0.497 e. The van der Waals surface area contributed by atoms with Crippen LogP contribution in [0, 0.1) is 0 Å². The van der Waals surface area contributed by atoms with Crippen LogP contribution in [0.1, 0.15) is 22.9 Å². The van der Waals surface area contributed by atoms with Gasteiger partial charge in [0.2, 0.25) is 0 Å². The minimum atomic E-state index is 0.130. The summed E-state index contributed by atoms with van der Waals surface area (Å²) in [5.74, 6) is 2.39. The molecule has 0 radical (unpaired) electrons. The van der Waals surface area contributed by atoms with Crippen molar-refractivity contribution in [2.45, 2.75) is 12.6 Å². The molecule has 2 aromatic carbocycles. The number of nitrogens with one attached hydrogen (secondary N) is 1. The van der Waals surface area contributed by atoms with E-state index in [0.717, 1.165) is 41.5 Å². The summed E-state index contributed by atoms with van der Waals surface area (Å²) in [7, 11) is 5.03. The molecular weight excluding hydrogens is 304 g/mol. The Hall–Kier alpha value is -2.69. The first kappa shape index (κ1) is 14.9. The Bertz CT molecular complexity index is 830. The van der Waals surface area contributed by atoms with Crippen molar-refractivity contribution in [1.29, 1.82) is 0 Å². The van der Waals surface area contributed by atoms with Gasteiger partial charge in [0, 0.05) is 18.1 Å². The smallest absolute Gasteiger partial charge is 0.252 e. The van der Waals surface area contributed by atoms with Crippen LogP contribution in [-0.2, 0) is 6.42 Å². The lowest BCUT2D eigenvalue weighted by molar-refractivity contribution is -0.566. The van der Waals surface area contributed by atoms with E-state index in [1.807, 2.05) is 18.2 Å². The van der Waals surface area contributed by atoms with Crippen LogP contribution in [0.4, 0.5) is 5.69 Å². The van der Waals surface area contributed by atoms with Gasteiger partial charge in [-0.05, 0) is 29.8 Å². The predicted molar refractivity (Wildman–Crippen MR) is 92.9 cm³/mol. The molecule has 124 valence electrons. The molecule has 2 aliphatic heterocycles. The van der Waals surface area contributed by atoms with Gasteiger partial charge < -0.3 is 19.5 Å². The first-order valence-electron chi connectivity index (χ1n) is 8.03. The molecule has 0 bridgehead atoms. The molecule has 1 atom stereocenters. The van der Waals surface area contributed by atoms with Crippen molar-refractivity contribution in [2.75, 3.05) is 33.2 Å². The summed E-state index contributed by atoms with van der Waals surface area (Å²) < 4.78 is 18.5. The molecule has 1 N–H and O–H groups in total. The quantitative estimate of drug-likeness (QED) is 0.881. The third-order valence-corrected chi connectivity index (χ3v) is 4.77. The number of nitrogens with zero attached hydrogens (tertiary/aromatic N) is 1. The first-order chi connectivity index (χ1) is 11.7. The molecule has 0 amide bonds. The van der Waals surface area contributed by atoms with Gasteiger partial charge in [0.05, 0.1) is 32.6 Å². The molecule has 0 saturated carbocycles. The van der Waals surface area contributed by atoms with Gasteiger partial charge in [-0.2, -0.15) is 0 Å². The van der Waals surface area contributed by atoms with Crippen molar-refractivity contribution in [3.8, 4) is 17.2 Å². The van der Waals surface area contributed by atoms with Gasteiger partial charge in [0.25, 0.3) is 6.17 Å². The van der Waals surface area contributed by atoms with E-state index in [1.54, 1.807) is 21.3 Å². The van der Waals surface area contributed by atoms with Crippen molar-refractivity contribution in [3.63, 3.8) is 0 Å². The van der Waals surface area contributed by atoms with E-state index in [2.05, 4.69) is 28.2 Å². The van der Waals surface area contributed by atoms with E-state index in [-0.39, 0.29) is 6.17 Å². The monoisotopic (exact) mass is 325 g/mol. The number of benzene rings is 2. The molecule has 4 rings (SSSR count). The molecule has 2 aromatic rings. The second-order valence-corrected chi connectivity index (χ2v) is 6.02. The Morgan fingerprint density at radius 2 is 1.79 bits per heavy atom. The van der Waals surface area contributed by atoms with Crippen molar-refractivity contribution >= 4 is 11.9 Å². The molecule has 2 heterocycles. The van der Waals surface area contributed by atoms with Crippen LogP contribution in [0.25, 0.3) is 0 Å². The average Bonchev–Trinajstić information content (AvgIpc) is 2.64. The van der Waals surface area contributed by atoms with Crippen LogP contribution in [0.15, 0.2) is 30.3 Å². The molecule has 0 saturated heterocycles. The lowest BCUT2D eigenvalue weighted by Crippen LogP contribution is -2.36. The summed E-state index contributed by atoms with van der Waals surface area (Å²) in [6.45, 7) is 0.964. The SMILES string of the molecule is COc1ccc2c(c1)CC[N+]1=Cc3cc(OC)c(OC)cc3NC21. The van der Waals surface area contributed by atoms with E-state index in [1.165, 1.54) is 11.1 Å². The van der Waals surface area contributed by atoms with Gasteiger partial charge >= 0.3 is 0 Å². The third-order valence-electron chi connectivity index (χ3n) is 4.77. The highest BCUT2D eigenvalue weighted by atomic mass is 16.5. The van der Waals surface area contributed by atoms with Crippen molar-refractivity contribution in [3.05, 3.63) is 47.0 Å². The van der Waals surface area contributed by atoms with Crippen LogP contribution in [0.5, 0.6) is 17.2 Å². The highest BCUT2D eigenvalue weighted by Gasteiger charge is 2.34. The maximum Gasteiger partial charge on any atom is 0.252 e. The van der Waals surface area contributed by atoms with Crippen LogP contribution in [0.2, 0.25) is 0 Å². The molecule has 24 heavy (non-hydrogen) atoms. The normalized spacial score (nSPS) is 17.6. The zero-order chi connectivity index (χ0) is 16.7. The summed E-state index contributed by atoms with van der Waals surface area (Å²) in [5, 5.41) is 3.64.